The van der Waals surface area contributed by atoms with Gasteiger partial charge in [-0.2, -0.15) is 5.26 Å². The van der Waals surface area contributed by atoms with E-state index in [0.717, 1.165) is 29.9 Å². The SMILES string of the molecule is N#Cc1cc(CCl)ccc1N1CCC1. The van der Waals surface area contributed by atoms with E-state index in [1.807, 2.05) is 18.2 Å². The summed E-state index contributed by atoms with van der Waals surface area (Å²) < 4.78 is 0. The first kappa shape index (κ1) is 9.36. The minimum absolute atomic E-state index is 0.467. The smallest absolute Gasteiger partial charge is 0.101 e. The van der Waals surface area contributed by atoms with Crippen LogP contribution in [0.25, 0.3) is 0 Å². The molecule has 72 valence electrons. The lowest BCUT2D eigenvalue weighted by Crippen LogP contribution is -2.37. The fourth-order valence-corrected chi connectivity index (χ4v) is 1.75. The minimum Gasteiger partial charge on any atom is -0.370 e. The number of anilines is 1. The molecule has 0 aromatic heterocycles. The molecule has 1 aliphatic heterocycles. The molecule has 14 heavy (non-hydrogen) atoms. The Morgan fingerprint density at radius 3 is 2.71 bits per heavy atom. The monoisotopic (exact) mass is 206 g/mol. The lowest BCUT2D eigenvalue weighted by Gasteiger charge is -2.33. The Balaban J connectivity index is 2.35. The Morgan fingerprint density at radius 2 is 2.21 bits per heavy atom. The van der Waals surface area contributed by atoms with Crippen molar-refractivity contribution in [3.8, 4) is 6.07 Å². The summed E-state index contributed by atoms with van der Waals surface area (Å²) in [7, 11) is 0. The number of halogens is 1. The molecule has 0 N–H and O–H groups in total. The van der Waals surface area contributed by atoms with E-state index in [1.165, 1.54) is 6.42 Å². The van der Waals surface area contributed by atoms with E-state index in [-0.39, 0.29) is 0 Å². The molecule has 1 aromatic carbocycles. The van der Waals surface area contributed by atoms with Gasteiger partial charge in [0.1, 0.15) is 6.07 Å². The van der Waals surface area contributed by atoms with Crippen molar-refractivity contribution in [2.45, 2.75) is 12.3 Å². The number of benzene rings is 1. The first-order valence-corrected chi connectivity index (χ1v) is 5.22. The highest BCUT2D eigenvalue weighted by atomic mass is 35.5. The summed E-state index contributed by atoms with van der Waals surface area (Å²) in [6.07, 6.45) is 1.22. The highest BCUT2D eigenvalue weighted by Gasteiger charge is 2.17. The van der Waals surface area contributed by atoms with Gasteiger partial charge in [-0.15, -0.1) is 11.6 Å². The third-order valence-corrected chi connectivity index (χ3v) is 2.84. The van der Waals surface area contributed by atoms with Crippen LogP contribution in [0.2, 0.25) is 0 Å². The number of hydrogen-bond donors (Lipinski definition) is 0. The average molecular weight is 207 g/mol. The van der Waals surface area contributed by atoms with Crippen LogP contribution in [-0.2, 0) is 5.88 Å². The van der Waals surface area contributed by atoms with Crippen molar-refractivity contribution in [2.75, 3.05) is 18.0 Å². The normalized spacial score (nSPS) is 14.7. The Kier molecular flexibility index (Phi) is 2.60. The standard InChI is InChI=1S/C11H11ClN2/c12-7-9-2-3-11(10(6-9)8-13)14-4-1-5-14/h2-3,6H,1,4-5,7H2. The van der Waals surface area contributed by atoms with Gasteiger partial charge in [-0.25, -0.2) is 0 Å². The van der Waals surface area contributed by atoms with Crippen molar-refractivity contribution in [1.29, 1.82) is 5.26 Å². The van der Waals surface area contributed by atoms with Gasteiger partial charge in [0.15, 0.2) is 0 Å². The first-order valence-electron chi connectivity index (χ1n) is 4.69. The molecule has 0 bridgehead atoms. The Hall–Kier alpha value is -1.20. The van der Waals surface area contributed by atoms with Gasteiger partial charge in [-0.05, 0) is 24.1 Å². The van der Waals surface area contributed by atoms with E-state index >= 15 is 0 Å². The summed E-state index contributed by atoms with van der Waals surface area (Å²) in [5.41, 5.74) is 2.79. The molecule has 1 saturated heterocycles. The summed E-state index contributed by atoms with van der Waals surface area (Å²) in [6.45, 7) is 2.13. The maximum absolute atomic E-state index is 8.99. The van der Waals surface area contributed by atoms with E-state index in [9.17, 15) is 0 Å². The Bertz CT molecular complexity index is 377. The highest BCUT2D eigenvalue weighted by molar-refractivity contribution is 6.17. The quantitative estimate of drug-likeness (QED) is 0.696. The predicted octanol–water partition coefficient (Wildman–Crippen LogP) is 2.51. The molecule has 2 nitrogen and oxygen atoms in total. The number of rotatable bonds is 2. The van der Waals surface area contributed by atoms with Crippen LogP contribution in [0.4, 0.5) is 5.69 Å². The highest BCUT2D eigenvalue weighted by Crippen LogP contribution is 2.25. The van der Waals surface area contributed by atoms with Gasteiger partial charge < -0.3 is 4.90 Å². The third kappa shape index (κ3) is 1.56. The van der Waals surface area contributed by atoms with Crippen LogP contribution in [0.1, 0.15) is 17.5 Å². The molecular weight excluding hydrogens is 196 g/mol. The van der Waals surface area contributed by atoms with E-state index in [2.05, 4.69) is 11.0 Å². The number of nitriles is 1. The predicted molar refractivity (Wildman–Crippen MR) is 57.5 cm³/mol. The minimum atomic E-state index is 0.467. The van der Waals surface area contributed by atoms with E-state index < -0.39 is 0 Å². The van der Waals surface area contributed by atoms with Crippen molar-refractivity contribution in [3.63, 3.8) is 0 Å². The Labute approximate surface area is 88.7 Å². The molecule has 0 unspecified atom stereocenters. The van der Waals surface area contributed by atoms with Crippen molar-refractivity contribution in [3.05, 3.63) is 29.3 Å². The zero-order valence-corrected chi connectivity index (χ0v) is 8.59. The van der Waals surface area contributed by atoms with Crippen LogP contribution >= 0.6 is 11.6 Å². The fraction of sp³-hybridized carbons (Fsp3) is 0.364. The number of hydrogen-bond acceptors (Lipinski definition) is 2. The van der Waals surface area contributed by atoms with Gasteiger partial charge in [0.05, 0.1) is 11.3 Å². The summed E-state index contributed by atoms with van der Waals surface area (Å²) in [6, 6.07) is 8.08. The van der Waals surface area contributed by atoms with Crippen LogP contribution in [0.3, 0.4) is 0 Å². The van der Waals surface area contributed by atoms with E-state index in [1.54, 1.807) is 0 Å². The van der Waals surface area contributed by atoms with Crippen LogP contribution < -0.4 is 4.90 Å². The summed E-state index contributed by atoms with van der Waals surface area (Å²) in [5, 5.41) is 8.99. The van der Waals surface area contributed by atoms with Gasteiger partial charge >= 0.3 is 0 Å². The topological polar surface area (TPSA) is 27.0 Å². The van der Waals surface area contributed by atoms with Crippen molar-refractivity contribution < 1.29 is 0 Å². The molecule has 1 aromatic rings. The van der Waals surface area contributed by atoms with Gasteiger partial charge in [0.25, 0.3) is 0 Å². The van der Waals surface area contributed by atoms with E-state index in [0.29, 0.717) is 5.88 Å². The zero-order chi connectivity index (χ0) is 9.97. The summed E-state index contributed by atoms with van der Waals surface area (Å²) in [4.78, 5) is 2.22. The third-order valence-electron chi connectivity index (χ3n) is 2.53. The maximum atomic E-state index is 8.99. The van der Waals surface area contributed by atoms with Gasteiger partial charge in [-0.1, -0.05) is 6.07 Å². The molecule has 1 fully saturated rings. The molecule has 3 heteroatoms. The molecule has 1 heterocycles. The molecule has 0 radical (unpaired) electrons. The lowest BCUT2D eigenvalue weighted by atomic mass is 10.1. The van der Waals surface area contributed by atoms with Crippen LogP contribution in [0, 0.1) is 11.3 Å². The number of nitrogens with zero attached hydrogens (tertiary/aromatic N) is 2. The van der Waals surface area contributed by atoms with Gasteiger partial charge in [0.2, 0.25) is 0 Å². The zero-order valence-electron chi connectivity index (χ0n) is 7.83. The van der Waals surface area contributed by atoms with Crippen molar-refractivity contribution in [2.24, 2.45) is 0 Å². The lowest BCUT2D eigenvalue weighted by molar-refractivity contribution is 0.617. The number of alkyl halides is 1. The first-order chi connectivity index (χ1) is 6.85. The largest absolute Gasteiger partial charge is 0.370 e. The maximum Gasteiger partial charge on any atom is 0.101 e. The molecule has 0 atom stereocenters. The van der Waals surface area contributed by atoms with Crippen LogP contribution in [0.15, 0.2) is 18.2 Å². The fourth-order valence-electron chi connectivity index (χ4n) is 1.59. The van der Waals surface area contributed by atoms with Gasteiger partial charge in [-0.3, -0.25) is 0 Å². The van der Waals surface area contributed by atoms with Crippen molar-refractivity contribution >= 4 is 17.3 Å². The second-order valence-electron chi connectivity index (χ2n) is 3.44. The molecule has 0 spiro atoms. The molecule has 2 rings (SSSR count). The van der Waals surface area contributed by atoms with Gasteiger partial charge in [0, 0.05) is 19.0 Å². The molecule has 0 aliphatic carbocycles. The Morgan fingerprint density at radius 1 is 1.43 bits per heavy atom. The summed E-state index contributed by atoms with van der Waals surface area (Å²) in [5.74, 6) is 0.467. The van der Waals surface area contributed by atoms with Crippen molar-refractivity contribution in [1.82, 2.24) is 0 Å². The second kappa shape index (κ2) is 3.89. The van der Waals surface area contributed by atoms with Crippen LogP contribution in [0.5, 0.6) is 0 Å². The molecule has 1 aliphatic rings. The average Bonchev–Trinajstić information content (AvgIpc) is 2.16. The van der Waals surface area contributed by atoms with Crippen LogP contribution in [-0.4, -0.2) is 13.1 Å². The van der Waals surface area contributed by atoms with E-state index in [4.69, 9.17) is 16.9 Å². The molecular formula is C11H11ClN2. The second-order valence-corrected chi connectivity index (χ2v) is 3.70. The summed E-state index contributed by atoms with van der Waals surface area (Å²) >= 11 is 5.71. The molecule has 0 amide bonds. The molecule has 0 saturated carbocycles.